The summed E-state index contributed by atoms with van der Waals surface area (Å²) in [5.41, 5.74) is 4.04. The van der Waals surface area contributed by atoms with Crippen molar-refractivity contribution in [2.75, 3.05) is 6.61 Å². The Kier molecular flexibility index (Phi) is 5.17. The largest absolute Gasteiger partial charge is 0.491 e. The number of nitrogens with zero attached hydrogens (tertiary/aromatic N) is 1. The van der Waals surface area contributed by atoms with Crippen LogP contribution in [0.5, 0.6) is 5.75 Å². The molecular weight excluding hydrogens is 362 g/mol. The Hall–Kier alpha value is -3.40. The van der Waals surface area contributed by atoms with Crippen molar-refractivity contribution < 1.29 is 14.3 Å². The van der Waals surface area contributed by atoms with Crippen LogP contribution in [0.1, 0.15) is 37.4 Å². The third-order valence-electron chi connectivity index (χ3n) is 5.33. The van der Waals surface area contributed by atoms with E-state index in [-0.39, 0.29) is 18.4 Å². The summed E-state index contributed by atoms with van der Waals surface area (Å²) in [6, 6.07) is 22.5. The summed E-state index contributed by atoms with van der Waals surface area (Å²) < 4.78 is 6.16. The predicted molar refractivity (Wildman–Crippen MR) is 112 cm³/mol. The molecule has 1 heterocycles. The highest BCUT2D eigenvalue weighted by Gasteiger charge is 2.40. The van der Waals surface area contributed by atoms with E-state index in [1.54, 1.807) is 24.3 Å². The minimum atomic E-state index is -0.399. The fraction of sp³-hybridized carbons (Fsp3) is 0.200. The topological polar surface area (TPSA) is 46.6 Å². The van der Waals surface area contributed by atoms with Crippen molar-refractivity contribution in [3.05, 3.63) is 101 Å². The summed E-state index contributed by atoms with van der Waals surface area (Å²) in [5, 5.41) is 0. The molecule has 1 aliphatic rings. The first-order valence-electron chi connectivity index (χ1n) is 9.76. The Morgan fingerprint density at radius 1 is 0.759 bits per heavy atom. The summed E-state index contributed by atoms with van der Waals surface area (Å²) in [5.74, 6) is 0.301. The average Bonchev–Trinajstić information content (AvgIpc) is 2.98. The summed E-state index contributed by atoms with van der Waals surface area (Å²) in [6.45, 7) is 4.24. The van der Waals surface area contributed by atoms with Gasteiger partial charge in [0.05, 0.1) is 17.2 Å². The van der Waals surface area contributed by atoms with Crippen molar-refractivity contribution in [3.8, 4) is 5.75 Å². The number of carbonyl (C=O) groups excluding carboxylic acids is 2. The summed E-state index contributed by atoms with van der Waals surface area (Å²) in [6.07, 6.45) is 0.539. The van der Waals surface area contributed by atoms with E-state index >= 15 is 0 Å². The van der Waals surface area contributed by atoms with Crippen LogP contribution in [0.3, 0.4) is 0 Å². The van der Waals surface area contributed by atoms with Crippen molar-refractivity contribution >= 4 is 11.8 Å². The van der Waals surface area contributed by atoms with Gasteiger partial charge in [-0.3, -0.25) is 14.5 Å². The molecule has 0 bridgehead atoms. The highest BCUT2D eigenvalue weighted by molar-refractivity contribution is 6.21. The van der Waals surface area contributed by atoms with Gasteiger partial charge in [0, 0.05) is 0 Å². The molecule has 0 saturated heterocycles. The van der Waals surface area contributed by atoms with Gasteiger partial charge in [-0.1, -0.05) is 60.7 Å². The Balaban J connectivity index is 1.64. The maximum atomic E-state index is 13.0. The zero-order valence-corrected chi connectivity index (χ0v) is 16.6. The first-order valence-corrected chi connectivity index (χ1v) is 9.76. The van der Waals surface area contributed by atoms with Gasteiger partial charge < -0.3 is 4.74 Å². The van der Waals surface area contributed by atoms with Gasteiger partial charge in [-0.15, -0.1) is 0 Å². The van der Waals surface area contributed by atoms with Crippen LogP contribution >= 0.6 is 0 Å². The number of imide groups is 1. The first kappa shape index (κ1) is 18.9. The molecule has 3 aromatic rings. The lowest BCUT2D eigenvalue weighted by Gasteiger charge is -2.27. The third-order valence-corrected chi connectivity index (χ3v) is 5.33. The van der Waals surface area contributed by atoms with Crippen LogP contribution in [0.25, 0.3) is 0 Å². The number of carbonyl (C=O) groups is 2. The normalized spacial score (nSPS) is 14.1. The van der Waals surface area contributed by atoms with Crippen LogP contribution in [0.15, 0.2) is 72.8 Å². The number of ether oxygens (including phenoxy) is 1. The van der Waals surface area contributed by atoms with Gasteiger partial charge in [0.25, 0.3) is 11.8 Å². The molecule has 29 heavy (non-hydrogen) atoms. The van der Waals surface area contributed by atoms with Crippen molar-refractivity contribution in [3.63, 3.8) is 0 Å². The van der Waals surface area contributed by atoms with Gasteiger partial charge in [0.15, 0.2) is 0 Å². The number of fused-ring (bicyclic) bond motifs is 1. The van der Waals surface area contributed by atoms with Crippen LogP contribution in [0, 0.1) is 13.8 Å². The van der Waals surface area contributed by atoms with E-state index in [0.29, 0.717) is 17.5 Å². The highest BCUT2D eigenvalue weighted by atomic mass is 16.5. The summed E-state index contributed by atoms with van der Waals surface area (Å²) >= 11 is 0. The van der Waals surface area contributed by atoms with Crippen LogP contribution in [0.4, 0.5) is 0 Å². The average molecular weight is 385 g/mol. The molecule has 0 N–H and O–H groups in total. The van der Waals surface area contributed by atoms with E-state index in [1.807, 2.05) is 62.4 Å². The first-order chi connectivity index (χ1) is 14.1. The van der Waals surface area contributed by atoms with Crippen molar-refractivity contribution in [2.24, 2.45) is 0 Å². The van der Waals surface area contributed by atoms with Gasteiger partial charge in [0.1, 0.15) is 12.4 Å². The van der Waals surface area contributed by atoms with Gasteiger partial charge in [-0.05, 0) is 49.1 Å². The number of benzene rings is 3. The van der Waals surface area contributed by atoms with Gasteiger partial charge in [-0.25, -0.2) is 0 Å². The second-order valence-corrected chi connectivity index (χ2v) is 7.40. The molecule has 1 atom stereocenters. The van der Waals surface area contributed by atoms with E-state index in [2.05, 4.69) is 0 Å². The molecule has 0 aliphatic carbocycles. The molecule has 1 aliphatic heterocycles. The SMILES string of the molecule is Cc1cccc(C)c1OC[C@H](Cc1ccccc1)N1C(=O)c2ccccc2C1=O. The molecule has 4 nitrogen and oxygen atoms in total. The molecule has 0 aromatic heterocycles. The van der Waals surface area contributed by atoms with E-state index in [1.165, 1.54) is 4.90 Å². The molecule has 0 fully saturated rings. The van der Waals surface area contributed by atoms with E-state index in [9.17, 15) is 9.59 Å². The summed E-state index contributed by atoms with van der Waals surface area (Å²) in [4.78, 5) is 27.4. The van der Waals surface area contributed by atoms with Gasteiger partial charge in [0.2, 0.25) is 0 Å². The lowest BCUT2D eigenvalue weighted by molar-refractivity contribution is 0.0531. The Labute approximate surface area is 170 Å². The molecule has 0 radical (unpaired) electrons. The van der Waals surface area contributed by atoms with Crippen LogP contribution in [0.2, 0.25) is 0 Å². The maximum Gasteiger partial charge on any atom is 0.261 e. The molecular formula is C25H23NO3. The van der Waals surface area contributed by atoms with Gasteiger partial charge in [-0.2, -0.15) is 0 Å². The van der Waals surface area contributed by atoms with E-state index in [4.69, 9.17) is 4.74 Å². The van der Waals surface area contributed by atoms with Crippen molar-refractivity contribution in [2.45, 2.75) is 26.3 Å². The zero-order valence-electron chi connectivity index (χ0n) is 16.6. The second kappa shape index (κ2) is 7.92. The minimum absolute atomic E-state index is 0.242. The minimum Gasteiger partial charge on any atom is -0.491 e. The quantitative estimate of drug-likeness (QED) is 0.583. The number of aryl methyl sites for hydroxylation is 2. The Morgan fingerprint density at radius 3 is 1.90 bits per heavy atom. The molecule has 0 saturated carbocycles. The van der Waals surface area contributed by atoms with Crippen molar-refractivity contribution in [1.82, 2.24) is 4.90 Å². The third kappa shape index (κ3) is 3.66. The number of rotatable bonds is 6. The molecule has 0 unspecified atom stereocenters. The highest BCUT2D eigenvalue weighted by Crippen LogP contribution is 2.28. The van der Waals surface area contributed by atoms with E-state index in [0.717, 1.165) is 22.4 Å². The van der Waals surface area contributed by atoms with Crippen LogP contribution in [-0.4, -0.2) is 29.4 Å². The second-order valence-electron chi connectivity index (χ2n) is 7.40. The monoisotopic (exact) mass is 385 g/mol. The van der Waals surface area contributed by atoms with E-state index < -0.39 is 6.04 Å². The molecule has 146 valence electrons. The van der Waals surface area contributed by atoms with Gasteiger partial charge >= 0.3 is 0 Å². The number of amides is 2. The smallest absolute Gasteiger partial charge is 0.261 e. The van der Waals surface area contributed by atoms with Crippen molar-refractivity contribution in [1.29, 1.82) is 0 Å². The fourth-order valence-corrected chi connectivity index (χ4v) is 3.86. The zero-order chi connectivity index (χ0) is 20.4. The summed E-state index contributed by atoms with van der Waals surface area (Å²) in [7, 11) is 0. The van der Waals surface area contributed by atoms with Crippen LogP contribution in [-0.2, 0) is 6.42 Å². The molecule has 0 spiro atoms. The molecule has 4 heteroatoms. The molecule has 3 aromatic carbocycles. The number of hydrogen-bond donors (Lipinski definition) is 0. The standard InChI is InChI=1S/C25H23NO3/c1-17-9-8-10-18(2)23(17)29-16-20(15-19-11-4-3-5-12-19)26-24(27)21-13-6-7-14-22(21)25(26)28/h3-14,20H,15-16H2,1-2H3/t20-/m0/s1. The molecule has 2 amide bonds. The Bertz CT molecular complexity index is 1000. The predicted octanol–water partition coefficient (Wildman–Crippen LogP) is 4.59. The Morgan fingerprint density at radius 2 is 1.31 bits per heavy atom. The maximum absolute atomic E-state index is 13.0. The lowest BCUT2D eigenvalue weighted by Crippen LogP contribution is -2.44. The molecule has 4 rings (SSSR count). The number of para-hydroxylation sites is 1. The number of hydrogen-bond acceptors (Lipinski definition) is 3. The lowest BCUT2D eigenvalue weighted by atomic mass is 10.0. The van der Waals surface area contributed by atoms with Crippen LogP contribution < -0.4 is 4.74 Å². The fourth-order valence-electron chi connectivity index (χ4n) is 3.86.